The normalized spacial score (nSPS) is 11.5. The van der Waals surface area contributed by atoms with Gasteiger partial charge in [0.25, 0.3) is 0 Å². The summed E-state index contributed by atoms with van der Waals surface area (Å²) in [5, 5.41) is 7.09. The molecule has 1 heterocycles. The summed E-state index contributed by atoms with van der Waals surface area (Å²) in [4.78, 5) is 28.2. The second-order valence-electron chi connectivity index (χ2n) is 9.29. The van der Waals surface area contributed by atoms with Crippen LogP contribution >= 0.6 is 7.26 Å². The third-order valence-electron chi connectivity index (χ3n) is 6.81. The average Bonchev–Trinajstić information content (AvgIpc) is 2.99. The number of ether oxygens (including phenoxy) is 1. The van der Waals surface area contributed by atoms with Gasteiger partial charge in [-0.1, -0.05) is 0 Å². The minimum atomic E-state index is -2.22. The Kier molecular flexibility index (Phi) is 10.2. The third kappa shape index (κ3) is 7.14. The van der Waals surface area contributed by atoms with E-state index in [1.807, 2.05) is 0 Å². The molecule has 0 radical (unpaired) electrons. The summed E-state index contributed by atoms with van der Waals surface area (Å²) in [6, 6.07) is 36.1. The molecule has 0 saturated heterocycles. The SMILES string of the molecule is O=C(CCCCC[PH](c1ccccc1)(c1ccccc1)c1ccccc1)NCCOC(=O)c1cccnc1. The molecule has 0 aliphatic carbocycles. The van der Waals surface area contributed by atoms with Gasteiger partial charge in [0, 0.05) is 12.4 Å². The number of unbranched alkanes of at least 4 members (excludes halogenated alkanes) is 2. The molecule has 3 aromatic carbocycles. The van der Waals surface area contributed by atoms with E-state index < -0.39 is 13.2 Å². The van der Waals surface area contributed by atoms with Gasteiger partial charge in [-0.25, -0.2) is 0 Å². The zero-order chi connectivity index (χ0) is 26.5. The smallest absolute Gasteiger partial charge is 0.264 e. The number of esters is 1. The first-order chi connectivity index (χ1) is 18.7. The Morgan fingerprint density at radius 1 is 0.711 bits per heavy atom. The molecule has 5 nitrogen and oxygen atoms in total. The van der Waals surface area contributed by atoms with Gasteiger partial charge in [0.15, 0.2) is 0 Å². The average molecular weight is 527 g/mol. The Hall–Kier alpha value is -3.82. The number of hydrogen-bond acceptors (Lipinski definition) is 4. The van der Waals surface area contributed by atoms with Crippen LogP contribution in [0.5, 0.6) is 0 Å². The van der Waals surface area contributed by atoms with Gasteiger partial charge >= 0.3 is 196 Å². The summed E-state index contributed by atoms with van der Waals surface area (Å²) in [5.74, 6) is -0.449. The number of carbonyl (C=O) groups is 2. The van der Waals surface area contributed by atoms with Crippen LogP contribution in [0.25, 0.3) is 0 Å². The molecule has 0 spiro atoms. The fourth-order valence-electron chi connectivity index (χ4n) is 4.94. The molecular weight excluding hydrogens is 491 g/mol. The van der Waals surface area contributed by atoms with Gasteiger partial charge in [-0.2, -0.15) is 0 Å². The molecule has 0 aliphatic rings. The molecule has 0 fully saturated rings. The van der Waals surface area contributed by atoms with Crippen molar-refractivity contribution in [1.82, 2.24) is 10.3 Å². The monoisotopic (exact) mass is 526 g/mol. The molecule has 1 amide bonds. The molecule has 1 N–H and O–H groups in total. The Morgan fingerprint density at radius 2 is 1.29 bits per heavy atom. The standard InChI is InChI=1S/C32H35N2O3P/c35-31(34-23-24-37-32(36)27-14-13-22-33-26-27)21-11-4-12-25-38(28-15-5-1-6-16-28,29-17-7-2-8-18-29)30-19-9-3-10-20-30/h1-3,5-10,13-20,22,26,38H,4,11-12,21,23-25H2,(H,34,35). The number of pyridine rings is 1. The van der Waals surface area contributed by atoms with Crippen molar-refractivity contribution in [2.45, 2.75) is 25.7 Å². The summed E-state index contributed by atoms with van der Waals surface area (Å²) < 4.78 is 5.20. The van der Waals surface area contributed by atoms with Crippen molar-refractivity contribution in [2.75, 3.05) is 19.3 Å². The molecule has 0 atom stereocenters. The van der Waals surface area contributed by atoms with E-state index in [0.29, 0.717) is 18.5 Å². The molecule has 38 heavy (non-hydrogen) atoms. The number of carbonyl (C=O) groups excluding carboxylic acids is 2. The van der Waals surface area contributed by atoms with Crippen LogP contribution in [0.4, 0.5) is 0 Å². The van der Waals surface area contributed by atoms with Crippen molar-refractivity contribution in [3.8, 4) is 0 Å². The van der Waals surface area contributed by atoms with Crippen molar-refractivity contribution in [1.29, 1.82) is 0 Å². The van der Waals surface area contributed by atoms with Gasteiger partial charge in [0.1, 0.15) is 0 Å². The van der Waals surface area contributed by atoms with Crippen LogP contribution in [-0.2, 0) is 9.53 Å². The van der Waals surface area contributed by atoms with Crippen LogP contribution in [0, 0.1) is 0 Å². The van der Waals surface area contributed by atoms with Crippen molar-refractivity contribution >= 4 is 35.1 Å². The Bertz CT molecular complexity index is 1170. The van der Waals surface area contributed by atoms with Crippen LogP contribution in [0.2, 0.25) is 0 Å². The second kappa shape index (κ2) is 14.2. The Morgan fingerprint density at radius 3 is 1.82 bits per heavy atom. The second-order valence-corrected chi connectivity index (χ2v) is 13.3. The number of nitrogens with one attached hydrogen (secondary N) is 1. The molecule has 4 aromatic rings. The van der Waals surface area contributed by atoms with E-state index >= 15 is 0 Å². The predicted molar refractivity (Wildman–Crippen MR) is 157 cm³/mol. The molecule has 0 aliphatic heterocycles. The van der Waals surface area contributed by atoms with Crippen molar-refractivity contribution in [3.63, 3.8) is 0 Å². The first kappa shape index (κ1) is 27.2. The number of hydrogen-bond donors (Lipinski definition) is 1. The first-order valence-corrected chi connectivity index (χ1v) is 15.4. The van der Waals surface area contributed by atoms with E-state index in [-0.39, 0.29) is 12.5 Å². The van der Waals surface area contributed by atoms with E-state index in [1.165, 1.54) is 22.1 Å². The van der Waals surface area contributed by atoms with Crippen molar-refractivity contribution in [2.24, 2.45) is 0 Å². The van der Waals surface area contributed by atoms with Crippen molar-refractivity contribution < 1.29 is 14.3 Å². The van der Waals surface area contributed by atoms with Crippen LogP contribution in [0.15, 0.2) is 116 Å². The van der Waals surface area contributed by atoms with E-state index in [2.05, 4.69) is 101 Å². The van der Waals surface area contributed by atoms with Gasteiger partial charge in [0.2, 0.25) is 0 Å². The summed E-state index contributed by atoms with van der Waals surface area (Å²) in [6.07, 6.45) is 7.45. The number of rotatable bonds is 13. The zero-order valence-electron chi connectivity index (χ0n) is 21.6. The van der Waals surface area contributed by atoms with Gasteiger partial charge in [-0.3, -0.25) is 4.98 Å². The predicted octanol–water partition coefficient (Wildman–Crippen LogP) is 4.64. The van der Waals surface area contributed by atoms with Crippen LogP contribution in [0.3, 0.4) is 0 Å². The topological polar surface area (TPSA) is 68.3 Å². The first-order valence-electron chi connectivity index (χ1n) is 13.2. The van der Waals surface area contributed by atoms with E-state index in [9.17, 15) is 9.59 Å². The molecule has 0 unspecified atom stereocenters. The number of amides is 1. The third-order valence-corrected chi connectivity index (χ3v) is 11.9. The Labute approximate surface area is 225 Å². The van der Waals surface area contributed by atoms with Crippen LogP contribution in [0.1, 0.15) is 36.0 Å². The maximum absolute atomic E-state index is 12.3. The summed E-state index contributed by atoms with van der Waals surface area (Å²) in [7, 11) is -2.22. The minimum absolute atomic E-state index is 0.0138. The van der Waals surface area contributed by atoms with E-state index in [1.54, 1.807) is 18.3 Å². The van der Waals surface area contributed by atoms with Gasteiger partial charge < -0.3 is 0 Å². The summed E-state index contributed by atoms with van der Waals surface area (Å²) in [5.41, 5.74) is 0.403. The van der Waals surface area contributed by atoms with Gasteiger partial charge in [0.05, 0.1) is 0 Å². The summed E-state index contributed by atoms with van der Waals surface area (Å²) in [6.45, 7) is 0.440. The fraction of sp³-hybridized carbons (Fsp3) is 0.219. The number of benzene rings is 3. The van der Waals surface area contributed by atoms with Crippen molar-refractivity contribution in [3.05, 3.63) is 121 Å². The zero-order valence-corrected chi connectivity index (χ0v) is 22.6. The minimum Gasteiger partial charge on any atom is -0.264 e. The van der Waals surface area contributed by atoms with Crippen LogP contribution in [-0.4, -0.2) is 36.2 Å². The number of aromatic nitrogens is 1. The summed E-state index contributed by atoms with van der Waals surface area (Å²) >= 11 is 0. The Balaban J connectivity index is 1.30. The molecule has 0 bridgehead atoms. The quantitative estimate of drug-likeness (QED) is 0.157. The van der Waals surface area contributed by atoms with Gasteiger partial charge in [-0.15, -0.1) is 0 Å². The van der Waals surface area contributed by atoms with E-state index in [0.717, 1.165) is 25.4 Å². The van der Waals surface area contributed by atoms with Gasteiger partial charge in [-0.05, 0) is 12.1 Å². The van der Waals surface area contributed by atoms with Crippen LogP contribution < -0.4 is 21.2 Å². The maximum atomic E-state index is 12.3. The molecule has 4 rings (SSSR count). The molecule has 1 aromatic heterocycles. The molecular formula is C32H35N2O3P. The molecule has 6 heteroatoms. The molecule has 0 saturated carbocycles. The molecule has 196 valence electrons. The fourth-order valence-corrected chi connectivity index (χ4v) is 9.87. The number of nitrogens with zero attached hydrogens (tertiary/aromatic N) is 1. The van der Waals surface area contributed by atoms with E-state index in [4.69, 9.17) is 4.74 Å².